The maximum atomic E-state index is 12.2. The second-order valence-electron chi connectivity index (χ2n) is 7.84. The molecule has 1 N–H and O–H groups in total. The Labute approximate surface area is 155 Å². The number of benzene rings is 1. The number of nitrogens with one attached hydrogen (secondary N) is 1. The summed E-state index contributed by atoms with van der Waals surface area (Å²) in [6.45, 7) is 9.90. The van der Waals surface area contributed by atoms with Gasteiger partial charge < -0.3 is 19.7 Å². The smallest absolute Gasteiger partial charge is 0.410 e. The maximum Gasteiger partial charge on any atom is 0.410 e. The van der Waals surface area contributed by atoms with Gasteiger partial charge in [0.1, 0.15) is 11.4 Å². The molecule has 1 fully saturated rings. The predicted octanol–water partition coefficient (Wildman–Crippen LogP) is 4.23. The Morgan fingerprint density at radius 1 is 1.32 bits per heavy atom. The molecule has 0 radical (unpaired) electrons. The van der Waals surface area contributed by atoms with Gasteiger partial charge in [-0.2, -0.15) is 0 Å². The zero-order chi connectivity index (χ0) is 18.7. The molecule has 5 nitrogen and oxygen atoms in total. The third-order valence-corrected chi connectivity index (χ3v) is 4.70. The summed E-state index contributed by atoms with van der Waals surface area (Å²) in [6.07, 6.45) is 1.51. The van der Waals surface area contributed by atoms with Crippen molar-refractivity contribution >= 4 is 17.7 Å². The Kier molecular flexibility index (Phi) is 6.22. The molecule has 1 saturated heterocycles. The summed E-state index contributed by atoms with van der Waals surface area (Å²) in [5, 5.41) is 4.30. The highest BCUT2D eigenvalue weighted by Crippen LogP contribution is 2.27. The van der Waals surface area contributed by atoms with Crippen LogP contribution < -0.4 is 10.1 Å². The lowest BCUT2D eigenvalue weighted by Gasteiger charge is -2.40. The molecule has 1 aromatic carbocycles. The minimum Gasteiger partial charge on any atom is -0.496 e. The number of ether oxygens (including phenoxy) is 2. The lowest BCUT2D eigenvalue weighted by molar-refractivity contribution is 0.0156. The van der Waals surface area contributed by atoms with Crippen LogP contribution in [0.2, 0.25) is 5.02 Å². The Bertz CT molecular complexity index is 605. The molecule has 1 aliphatic rings. The van der Waals surface area contributed by atoms with Gasteiger partial charge in [0, 0.05) is 35.8 Å². The van der Waals surface area contributed by atoms with Gasteiger partial charge in [-0.25, -0.2) is 4.79 Å². The minimum absolute atomic E-state index is 0.0359. The van der Waals surface area contributed by atoms with Crippen LogP contribution in [0.15, 0.2) is 18.2 Å². The first-order valence-corrected chi connectivity index (χ1v) is 9.05. The molecule has 1 aromatic rings. The molecule has 1 aliphatic heterocycles. The fraction of sp³-hybridized carbons (Fsp3) is 0.632. The summed E-state index contributed by atoms with van der Waals surface area (Å²) in [6, 6.07) is 5.63. The maximum absolute atomic E-state index is 12.2. The van der Waals surface area contributed by atoms with Crippen LogP contribution in [0.1, 0.15) is 46.1 Å². The number of hydrogen-bond donors (Lipinski definition) is 1. The van der Waals surface area contributed by atoms with E-state index < -0.39 is 5.60 Å². The van der Waals surface area contributed by atoms with Crippen molar-refractivity contribution in [1.29, 1.82) is 0 Å². The van der Waals surface area contributed by atoms with Crippen molar-refractivity contribution in [2.45, 2.75) is 58.2 Å². The summed E-state index contributed by atoms with van der Waals surface area (Å²) in [5.41, 5.74) is 0.538. The van der Waals surface area contributed by atoms with Crippen molar-refractivity contribution in [1.82, 2.24) is 10.2 Å². The van der Waals surface area contributed by atoms with Crippen LogP contribution in [0.5, 0.6) is 5.75 Å². The van der Waals surface area contributed by atoms with E-state index in [1.54, 1.807) is 12.0 Å². The van der Waals surface area contributed by atoms with Crippen molar-refractivity contribution in [2.75, 3.05) is 20.2 Å². The highest BCUT2D eigenvalue weighted by atomic mass is 35.5. The third kappa shape index (κ3) is 5.79. The minimum atomic E-state index is -0.459. The number of carbonyl (C=O) groups excluding carboxylic acids is 1. The standard InChI is InChI=1S/C19H29ClN2O3/c1-18(2,3)25-17(23)22-10-8-19(4,9-11-22)21-13-14-12-15(20)6-7-16(14)24-5/h6-7,12,21H,8-11,13H2,1-5H3. The molecular weight excluding hydrogens is 340 g/mol. The Morgan fingerprint density at radius 2 is 1.96 bits per heavy atom. The summed E-state index contributed by atoms with van der Waals surface area (Å²) in [4.78, 5) is 14.0. The second-order valence-corrected chi connectivity index (χ2v) is 8.27. The molecule has 0 spiro atoms. The lowest BCUT2D eigenvalue weighted by Crippen LogP contribution is -2.53. The number of piperidine rings is 1. The summed E-state index contributed by atoms with van der Waals surface area (Å²) in [7, 11) is 1.66. The Morgan fingerprint density at radius 3 is 2.52 bits per heavy atom. The van der Waals surface area contributed by atoms with Crippen molar-refractivity contribution in [3.05, 3.63) is 28.8 Å². The number of hydrogen-bond acceptors (Lipinski definition) is 4. The molecule has 6 heteroatoms. The quantitative estimate of drug-likeness (QED) is 0.864. The molecular formula is C19H29ClN2O3. The van der Waals surface area contributed by atoms with Crippen LogP contribution in [0, 0.1) is 0 Å². The van der Waals surface area contributed by atoms with Gasteiger partial charge in [0.15, 0.2) is 0 Å². The molecule has 0 saturated carbocycles. The van der Waals surface area contributed by atoms with Crippen LogP contribution in [-0.2, 0) is 11.3 Å². The highest BCUT2D eigenvalue weighted by Gasteiger charge is 2.33. The van der Waals surface area contributed by atoms with Crippen molar-refractivity contribution in [3.8, 4) is 5.75 Å². The van der Waals surface area contributed by atoms with Gasteiger partial charge in [-0.3, -0.25) is 0 Å². The molecule has 25 heavy (non-hydrogen) atoms. The van der Waals surface area contributed by atoms with E-state index in [0.29, 0.717) is 24.7 Å². The molecule has 0 unspecified atom stereocenters. The van der Waals surface area contributed by atoms with E-state index in [0.717, 1.165) is 24.2 Å². The summed E-state index contributed by atoms with van der Waals surface area (Å²) < 4.78 is 10.9. The molecule has 1 heterocycles. The molecule has 140 valence electrons. The Hall–Kier alpha value is -1.46. The molecule has 2 rings (SSSR count). The SMILES string of the molecule is COc1ccc(Cl)cc1CNC1(C)CCN(C(=O)OC(C)(C)C)CC1. The first-order valence-electron chi connectivity index (χ1n) is 8.67. The van der Waals surface area contributed by atoms with E-state index in [2.05, 4.69) is 12.2 Å². The molecule has 0 atom stereocenters. The van der Waals surface area contributed by atoms with Gasteiger partial charge in [0.2, 0.25) is 0 Å². The van der Waals surface area contributed by atoms with Gasteiger partial charge in [-0.1, -0.05) is 11.6 Å². The zero-order valence-electron chi connectivity index (χ0n) is 15.8. The summed E-state index contributed by atoms with van der Waals surface area (Å²) >= 11 is 6.10. The van der Waals surface area contributed by atoms with Crippen molar-refractivity contribution < 1.29 is 14.3 Å². The molecule has 0 bridgehead atoms. The van der Waals surface area contributed by atoms with Gasteiger partial charge in [-0.15, -0.1) is 0 Å². The lowest BCUT2D eigenvalue weighted by atomic mass is 9.89. The monoisotopic (exact) mass is 368 g/mol. The van der Waals surface area contributed by atoms with E-state index in [9.17, 15) is 4.79 Å². The van der Waals surface area contributed by atoms with E-state index in [-0.39, 0.29) is 11.6 Å². The second kappa shape index (κ2) is 7.83. The number of nitrogens with zero attached hydrogens (tertiary/aromatic N) is 1. The first-order chi connectivity index (χ1) is 11.6. The van der Waals surface area contributed by atoms with Crippen LogP contribution in [0.25, 0.3) is 0 Å². The van der Waals surface area contributed by atoms with Crippen molar-refractivity contribution in [3.63, 3.8) is 0 Å². The number of carbonyl (C=O) groups is 1. The Balaban J connectivity index is 1.91. The van der Waals surface area contributed by atoms with Gasteiger partial charge >= 0.3 is 6.09 Å². The fourth-order valence-corrected chi connectivity index (χ4v) is 3.07. The number of rotatable bonds is 4. The van der Waals surface area contributed by atoms with E-state index in [1.165, 1.54) is 0 Å². The number of amides is 1. The van der Waals surface area contributed by atoms with E-state index >= 15 is 0 Å². The van der Waals surface area contributed by atoms with Crippen LogP contribution in [-0.4, -0.2) is 42.3 Å². The number of halogens is 1. The van der Waals surface area contributed by atoms with Crippen molar-refractivity contribution in [2.24, 2.45) is 0 Å². The van der Waals surface area contributed by atoms with Gasteiger partial charge in [0.05, 0.1) is 7.11 Å². The number of methoxy groups -OCH3 is 1. The normalized spacial score (nSPS) is 17.3. The van der Waals surface area contributed by atoms with E-state index in [1.807, 2.05) is 39.0 Å². The van der Waals surface area contributed by atoms with Gasteiger partial charge in [-0.05, 0) is 58.7 Å². The average molecular weight is 369 g/mol. The molecule has 0 aromatic heterocycles. The predicted molar refractivity (Wildman–Crippen MR) is 100 cm³/mol. The van der Waals surface area contributed by atoms with Crippen LogP contribution in [0.4, 0.5) is 4.79 Å². The zero-order valence-corrected chi connectivity index (χ0v) is 16.6. The third-order valence-electron chi connectivity index (χ3n) is 4.47. The largest absolute Gasteiger partial charge is 0.496 e. The van der Waals surface area contributed by atoms with E-state index in [4.69, 9.17) is 21.1 Å². The first kappa shape index (κ1) is 19.9. The van der Waals surface area contributed by atoms with Crippen LogP contribution >= 0.6 is 11.6 Å². The number of likely N-dealkylation sites (tertiary alicyclic amines) is 1. The molecule has 1 amide bonds. The van der Waals surface area contributed by atoms with Gasteiger partial charge in [0.25, 0.3) is 0 Å². The highest BCUT2D eigenvalue weighted by molar-refractivity contribution is 6.30. The van der Waals surface area contributed by atoms with Crippen LogP contribution in [0.3, 0.4) is 0 Å². The fourth-order valence-electron chi connectivity index (χ4n) is 2.88. The summed E-state index contributed by atoms with van der Waals surface area (Å²) in [5.74, 6) is 0.826. The topological polar surface area (TPSA) is 50.8 Å². The average Bonchev–Trinajstić information content (AvgIpc) is 2.52. The molecule has 0 aliphatic carbocycles.